The molecule has 5 nitrogen and oxygen atoms in total. The lowest BCUT2D eigenvalue weighted by Gasteiger charge is -2.35. The lowest BCUT2D eigenvalue weighted by atomic mass is 10.1. The summed E-state index contributed by atoms with van der Waals surface area (Å²) in [7, 11) is 0. The Kier molecular flexibility index (Phi) is 4.60. The average molecular weight is 318 g/mol. The van der Waals surface area contributed by atoms with Crippen LogP contribution in [0.25, 0.3) is 0 Å². The smallest absolute Gasteiger partial charge is 0.434 e. The van der Waals surface area contributed by atoms with Crippen LogP contribution < -0.4 is 0 Å². The van der Waals surface area contributed by atoms with Crippen molar-refractivity contribution in [2.75, 3.05) is 13.1 Å². The van der Waals surface area contributed by atoms with E-state index in [0.717, 1.165) is 32.5 Å². The van der Waals surface area contributed by atoms with Gasteiger partial charge in [0.05, 0.1) is 12.1 Å². The predicted octanol–water partition coefficient (Wildman–Crippen LogP) is 3.20. The summed E-state index contributed by atoms with van der Waals surface area (Å²) >= 11 is 0. The van der Waals surface area contributed by atoms with E-state index in [9.17, 15) is 4.79 Å². The zero-order chi connectivity index (χ0) is 16.4. The second-order valence-corrected chi connectivity index (χ2v) is 7.44. The van der Waals surface area contributed by atoms with Gasteiger partial charge in [0.15, 0.2) is 0 Å². The van der Waals surface area contributed by atoms with Crippen molar-refractivity contribution < 1.29 is 14.4 Å². The zero-order valence-electron chi connectivity index (χ0n) is 14.2. The molecule has 3 heterocycles. The molecule has 2 unspecified atom stereocenters. The van der Waals surface area contributed by atoms with Crippen molar-refractivity contribution >= 4 is 6.09 Å². The standard InChI is InChI=1S/C18H26N2O3/c1-18(2,3)22-17(21)20-15-9-10-16(23-20)13-19(12-15)11-14-7-5-4-6-8-14/h4-8,15-16H,9-13H2,1-3H3. The Labute approximate surface area is 138 Å². The third-order valence-corrected chi connectivity index (χ3v) is 4.17. The number of hydrogen-bond acceptors (Lipinski definition) is 4. The molecule has 23 heavy (non-hydrogen) atoms. The number of nitrogens with zero attached hydrogens (tertiary/aromatic N) is 2. The largest absolute Gasteiger partial charge is 0.442 e. The molecule has 1 amide bonds. The van der Waals surface area contributed by atoms with Crippen LogP contribution in [0.2, 0.25) is 0 Å². The third-order valence-electron chi connectivity index (χ3n) is 4.17. The summed E-state index contributed by atoms with van der Waals surface area (Å²) in [6.07, 6.45) is 1.66. The summed E-state index contributed by atoms with van der Waals surface area (Å²) in [6, 6.07) is 10.5. The predicted molar refractivity (Wildman–Crippen MR) is 87.7 cm³/mol. The van der Waals surface area contributed by atoms with E-state index in [2.05, 4.69) is 29.2 Å². The molecule has 0 spiro atoms. The molecule has 3 saturated heterocycles. The molecule has 1 aromatic carbocycles. The quantitative estimate of drug-likeness (QED) is 0.840. The fourth-order valence-corrected chi connectivity index (χ4v) is 3.22. The fourth-order valence-electron chi connectivity index (χ4n) is 3.22. The van der Waals surface area contributed by atoms with Gasteiger partial charge in [-0.05, 0) is 39.2 Å². The Hall–Kier alpha value is -1.59. The Morgan fingerprint density at radius 2 is 1.96 bits per heavy atom. The number of rotatable bonds is 2. The van der Waals surface area contributed by atoms with Gasteiger partial charge in [-0.3, -0.25) is 9.74 Å². The molecule has 3 aliphatic rings. The molecule has 1 aromatic rings. The number of carbonyl (C=O) groups excluding carboxylic acids is 1. The molecule has 0 radical (unpaired) electrons. The van der Waals surface area contributed by atoms with Crippen molar-refractivity contribution in [2.24, 2.45) is 0 Å². The van der Waals surface area contributed by atoms with Crippen LogP contribution in [0.15, 0.2) is 30.3 Å². The molecule has 2 bridgehead atoms. The third kappa shape index (κ3) is 4.24. The zero-order valence-corrected chi connectivity index (χ0v) is 14.2. The highest BCUT2D eigenvalue weighted by molar-refractivity contribution is 5.67. The van der Waals surface area contributed by atoms with Gasteiger partial charge in [0.1, 0.15) is 5.60 Å². The maximum absolute atomic E-state index is 12.4. The van der Waals surface area contributed by atoms with Crippen molar-refractivity contribution in [3.05, 3.63) is 35.9 Å². The Morgan fingerprint density at radius 3 is 2.65 bits per heavy atom. The van der Waals surface area contributed by atoms with Crippen LogP contribution in [-0.4, -0.2) is 46.9 Å². The first-order valence-electron chi connectivity index (χ1n) is 8.36. The Balaban J connectivity index is 1.67. The van der Waals surface area contributed by atoms with Crippen molar-refractivity contribution in [1.29, 1.82) is 0 Å². The van der Waals surface area contributed by atoms with Gasteiger partial charge in [-0.1, -0.05) is 30.3 Å². The van der Waals surface area contributed by atoms with Crippen molar-refractivity contribution in [3.63, 3.8) is 0 Å². The van der Waals surface area contributed by atoms with Gasteiger partial charge in [-0.25, -0.2) is 4.79 Å². The monoisotopic (exact) mass is 318 g/mol. The van der Waals surface area contributed by atoms with Crippen LogP contribution in [0.3, 0.4) is 0 Å². The van der Waals surface area contributed by atoms with Gasteiger partial charge in [0, 0.05) is 19.6 Å². The van der Waals surface area contributed by atoms with Crippen LogP contribution in [0.1, 0.15) is 39.2 Å². The lowest BCUT2D eigenvalue weighted by molar-refractivity contribution is -0.215. The number of benzene rings is 1. The highest BCUT2D eigenvalue weighted by atomic mass is 16.7. The van der Waals surface area contributed by atoms with Crippen molar-refractivity contribution in [2.45, 2.75) is 57.9 Å². The van der Waals surface area contributed by atoms with E-state index in [4.69, 9.17) is 9.57 Å². The Bertz CT molecular complexity index is 541. The molecule has 0 aliphatic carbocycles. The number of ether oxygens (including phenoxy) is 1. The van der Waals surface area contributed by atoms with Crippen LogP contribution in [0.5, 0.6) is 0 Å². The van der Waals surface area contributed by atoms with Gasteiger partial charge in [0.25, 0.3) is 0 Å². The number of carbonyl (C=O) groups is 1. The van der Waals surface area contributed by atoms with Gasteiger partial charge in [-0.15, -0.1) is 0 Å². The summed E-state index contributed by atoms with van der Waals surface area (Å²) in [6.45, 7) is 8.20. The van der Waals surface area contributed by atoms with Gasteiger partial charge >= 0.3 is 6.09 Å². The summed E-state index contributed by atoms with van der Waals surface area (Å²) in [4.78, 5) is 20.7. The van der Waals surface area contributed by atoms with Gasteiger partial charge in [-0.2, -0.15) is 5.06 Å². The minimum atomic E-state index is -0.504. The topological polar surface area (TPSA) is 42.0 Å². The maximum atomic E-state index is 12.4. The number of amides is 1. The maximum Gasteiger partial charge on any atom is 0.434 e. The SMILES string of the molecule is CC(C)(C)OC(=O)N1OC2CCC1CN(Cc1ccccc1)C2. The molecule has 2 atom stereocenters. The lowest BCUT2D eigenvalue weighted by Crippen LogP contribution is -2.48. The fraction of sp³-hybridized carbons (Fsp3) is 0.611. The molecule has 0 saturated carbocycles. The highest BCUT2D eigenvalue weighted by Crippen LogP contribution is 2.28. The first-order valence-corrected chi connectivity index (χ1v) is 8.36. The van der Waals surface area contributed by atoms with E-state index < -0.39 is 5.60 Å². The molecule has 4 rings (SSSR count). The van der Waals surface area contributed by atoms with E-state index in [-0.39, 0.29) is 18.2 Å². The van der Waals surface area contributed by atoms with Crippen LogP contribution >= 0.6 is 0 Å². The number of hydrogen-bond donors (Lipinski definition) is 0. The number of hydroxylamine groups is 2. The first kappa shape index (κ1) is 16.3. The first-order chi connectivity index (χ1) is 10.9. The second kappa shape index (κ2) is 6.49. The van der Waals surface area contributed by atoms with Crippen molar-refractivity contribution in [1.82, 2.24) is 9.96 Å². The average Bonchev–Trinajstić information content (AvgIpc) is 2.77. The van der Waals surface area contributed by atoms with Crippen LogP contribution in [0.4, 0.5) is 4.79 Å². The van der Waals surface area contributed by atoms with E-state index >= 15 is 0 Å². The molecular weight excluding hydrogens is 292 g/mol. The van der Waals surface area contributed by atoms with Gasteiger partial charge < -0.3 is 4.74 Å². The molecule has 0 N–H and O–H groups in total. The molecule has 0 aromatic heterocycles. The normalized spacial score (nSPS) is 25.3. The highest BCUT2D eigenvalue weighted by Gasteiger charge is 2.40. The molecule has 126 valence electrons. The van der Waals surface area contributed by atoms with E-state index in [0.29, 0.717) is 0 Å². The van der Waals surface area contributed by atoms with Gasteiger partial charge in [0.2, 0.25) is 0 Å². The van der Waals surface area contributed by atoms with Crippen LogP contribution in [-0.2, 0) is 16.1 Å². The van der Waals surface area contributed by atoms with E-state index in [1.54, 1.807) is 0 Å². The summed E-state index contributed by atoms with van der Waals surface area (Å²) in [5.74, 6) is 0. The minimum absolute atomic E-state index is 0.0602. The summed E-state index contributed by atoms with van der Waals surface area (Å²) < 4.78 is 5.48. The second-order valence-electron chi connectivity index (χ2n) is 7.44. The van der Waals surface area contributed by atoms with E-state index in [1.807, 2.05) is 26.8 Å². The van der Waals surface area contributed by atoms with Crippen molar-refractivity contribution in [3.8, 4) is 0 Å². The molecule has 3 fully saturated rings. The summed E-state index contributed by atoms with van der Waals surface area (Å²) in [5.41, 5.74) is 0.785. The Morgan fingerprint density at radius 1 is 1.22 bits per heavy atom. The van der Waals surface area contributed by atoms with Crippen LogP contribution in [0, 0.1) is 0 Å². The van der Waals surface area contributed by atoms with E-state index in [1.165, 1.54) is 10.6 Å². The number of fused-ring (bicyclic) bond motifs is 4. The molecular formula is C18H26N2O3. The molecule has 5 heteroatoms. The minimum Gasteiger partial charge on any atom is -0.442 e. The summed E-state index contributed by atoms with van der Waals surface area (Å²) in [5, 5.41) is 1.48. The molecule has 3 aliphatic heterocycles.